The first-order valence-electron chi connectivity index (χ1n) is 10.6. The summed E-state index contributed by atoms with van der Waals surface area (Å²) in [4.78, 5) is 27.7. The van der Waals surface area contributed by atoms with Gasteiger partial charge in [-0.25, -0.2) is 15.0 Å². The first-order valence-corrected chi connectivity index (χ1v) is 10.6. The fourth-order valence-electron chi connectivity index (χ4n) is 5.13. The van der Waals surface area contributed by atoms with Gasteiger partial charge in [0, 0.05) is 30.7 Å². The minimum Gasteiger partial charge on any atom is -0.382 e. The van der Waals surface area contributed by atoms with Crippen molar-refractivity contribution in [2.75, 3.05) is 12.3 Å². The fourth-order valence-corrected chi connectivity index (χ4v) is 5.13. The van der Waals surface area contributed by atoms with Crippen molar-refractivity contribution in [3.05, 3.63) is 60.3 Å². The number of hydrogen-bond donors (Lipinski definition) is 1. The second kappa shape index (κ2) is 6.74. The molecule has 1 saturated heterocycles. The van der Waals surface area contributed by atoms with Crippen molar-refractivity contribution in [1.29, 1.82) is 0 Å². The number of benzene rings is 1. The molecule has 6 rings (SSSR count). The lowest BCUT2D eigenvalue weighted by Crippen LogP contribution is -2.49. The zero-order valence-corrected chi connectivity index (χ0v) is 17.6. The maximum absolute atomic E-state index is 12.3. The summed E-state index contributed by atoms with van der Waals surface area (Å²) in [6, 6.07) is 8.23. The molecule has 32 heavy (non-hydrogen) atoms. The van der Waals surface area contributed by atoms with Crippen LogP contribution in [0.25, 0.3) is 27.6 Å². The molecule has 1 amide bonds. The van der Waals surface area contributed by atoms with E-state index in [9.17, 15) is 4.79 Å². The molecule has 1 aliphatic heterocycles. The predicted octanol–water partition coefficient (Wildman–Crippen LogP) is 2.63. The van der Waals surface area contributed by atoms with E-state index in [1.165, 1.54) is 0 Å². The summed E-state index contributed by atoms with van der Waals surface area (Å²) in [5.41, 5.74) is 10.7. The molecular weight excluding hydrogens is 404 g/mol. The van der Waals surface area contributed by atoms with Gasteiger partial charge in [0.1, 0.15) is 11.3 Å². The molecule has 4 aromatic heterocycles. The van der Waals surface area contributed by atoms with Gasteiger partial charge in [0.15, 0.2) is 5.65 Å². The van der Waals surface area contributed by atoms with Crippen LogP contribution >= 0.6 is 0 Å². The van der Waals surface area contributed by atoms with Crippen LogP contribution in [-0.4, -0.2) is 47.0 Å². The van der Waals surface area contributed by atoms with Crippen molar-refractivity contribution in [2.24, 2.45) is 7.05 Å². The second-order valence-corrected chi connectivity index (χ2v) is 8.37. The summed E-state index contributed by atoms with van der Waals surface area (Å²) in [6.45, 7) is 0.688. The molecule has 1 aromatic carbocycles. The van der Waals surface area contributed by atoms with E-state index in [-0.39, 0.29) is 0 Å². The zero-order valence-electron chi connectivity index (χ0n) is 17.6. The summed E-state index contributed by atoms with van der Waals surface area (Å²) >= 11 is 0. The minimum atomic E-state index is -0.625. The van der Waals surface area contributed by atoms with Crippen molar-refractivity contribution in [2.45, 2.75) is 24.8 Å². The van der Waals surface area contributed by atoms with E-state index >= 15 is 0 Å². The smallest absolute Gasteiger partial charge is 0.210 e. The van der Waals surface area contributed by atoms with Gasteiger partial charge in [0.2, 0.25) is 6.41 Å². The second-order valence-electron chi connectivity index (χ2n) is 8.37. The third kappa shape index (κ3) is 2.47. The fraction of sp³-hybridized carbons (Fsp3) is 0.261. The van der Waals surface area contributed by atoms with Gasteiger partial charge in [0.05, 0.1) is 35.3 Å². The molecule has 0 bridgehead atoms. The first kappa shape index (κ1) is 18.7. The van der Waals surface area contributed by atoms with E-state index < -0.39 is 5.54 Å². The summed E-state index contributed by atoms with van der Waals surface area (Å²) < 4.78 is 3.71. The topological polar surface area (TPSA) is 107 Å². The number of nitrogens with two attached hydrogens (primary N) is 1. The Balaban J connectivity index is 1.64. The number of rotatable bonds is 3. The largest absolute Gasteiger partial charge is 0.382 e. The molecule has 9 nitrogen and oxygen atoms in total. The van der Waals surface area contributed by atoms with E-state index in [0.717, 1.165) is 64.4 Å². The van der Waals surface area contributed by atoms with E-state index in [1.807, 2.05) is 40.9 Å². The Morgan fingerprint density at radius 2 is 2.00 bits per heavy atom. The average molecular weight is 426 g/mol. The Morgan fingerprint density at radius 3 is 2.88 bits per heavy atom. The number of fused-ring (bicyclic) bond motifs is 4. The molecule has 5 heterocycles. The highest BCUT2D eigenvalue weighted by molar-refractivity contribution is 5.84. The van der Waals surface area contributed by atoms with Crippen molar-refractivity contribution in [3.63, 3.8) is 0 Å². The normalized spacial score (nSPS) is 19.2. The molecule has 9 heteroatoms. The number of pyridine rings is 1. The third-order valence-corrected chi connectivity index (χ3v) is 6.71. The van der Waals surface area contributed by atoms with Crippen molar-refractivity contribution < 1.29 is 4.79 Å². The Hall–Kier alpha value is -4.01. The lowest BCUT2D eigenvalue weighted by Gasteiger charge is -2.46. The Morgan fingerprint density at radius 1 is 1.09 bits per heavy atom. The van der Waals surface area contributed by atoms with Gasteiger partial charge in [-0.05, 0) is 43.0 Å². The molecule has 1 atom stereocenters. The number of aryl methyl sites for hydroxylation is 1. The molecule has 0 spiro atoms. The maximum Gasteiger partial charge on any atom is 0.210 e. The molecule has 1 aliphatic rings. The standard InChI is InChI=1S/C23H22N8O/c1-29-22-15(10-27-29)8-17(11-26-22)23(6-2-3-7-30(23)14-32)16-4-5-18-19(9-16)31-13-25-12-20(31)21(24)28-18/h4-5,8-14H,2-3,6-7H2,1H3,(H2,24,28). The molecule has 0 aliphatic carbocycles. The lowest BCUT2D eigenvalue weighted by molar-refractivity contribution is -0.124. The molecule has 0 saturated carbocycles. The number of imidazole rings is 1. The van der Waals surface area contributed by atoms with Crippen LogP contribution in [-0.2, 0) is 17.4 Å². The molecule has 2 N–H and O–H groups in total. The first-order chi connectivity index (χ1) is 15.6. The van der Waals surface area contributed by atoms with Crippen LogP contribution in [0.4, 0.5) is 5.82 Å². The number of aromatic nitrogens is 6. The highest BCUT2D eigenvalue weighted by atomic mass is 16.1. The highest BCUT2D eigenvalue weighted by Gasteiger charge is 2.42. The lowest BCUT2D eigenvalue weighted by atomic mass is 9.75. The van der Waals surface area contributed by atoms with Crippen LogP contribution in [0.15, 0.2) is 49.2 Å². The average Bonchev–Trinajstić information content (AvgIpc) is 3.46. The number of anilines is 1. The SMILES string of the molecule is Cn1ncc2cc(C3(c4ccc5nc(N)c6cncn6c5c4)CCCCN3C=O)cnc21. The van der Waals surface area contributed by atoms with Crippen molar-refractivity contribution >= 4 is 39.8 Å². The molecule has 1 fully saturated rings. The van der Waals surface area contributed by atoms with Crippen LogP contribution < -0.4 is 5.73 Å². The number of likely N-dealkylation sites (tertiary alicyclic amines) is 1. The van der Waals surface area contributed by atoms with Gasteiger partial charge in [-0.3, -0.25) is 13.9 Å². The molecule has 5 aromatic rings. The van der Waals surface area contributed by atoms with E-state index in [0.29, 0.717) is 12.4 Å². The molecule has 0 radical (unpaired) electrons. The van der Waals surface area contributed by atoms with Crippen LogP contribution in [0, 0.1) is 0 Å². The Kier molecular flexibility index (Phi) is 3.95. The van der Waals surface area contributed by atoms with Crippen LogP contribution in [0.1, 0.15) is 30.4 Å². The number of nitrogen functional groups attached to an aromatic ring is 1. The number of amides is 1. The van der Waals surface area contributed by atoms with Gasteiger partial charge in [-0.2, -0.15) is 5.10 Å². The van der Waals surface area contributed by atoms with Gasteiger partial charge in [0.25, 0.3) is 0 Å². The predicted molar refractivity (Wildman–Crippen MR) is 121 cm³/mol. The maximum atomic E-state index is 12.3. The summed E-state index contributed by atoms with van der Waals surface area (Å²) in [5.74, 6) is 0.441. The van der Waals surface area contributed by atoms with Crippen LogP contribution in [0.5, 0.6) is 0 Å². The van der Waals surface area contributed by atoms with Crippen molar-refractivity contribution in [1.82, 2.24) is 34.0 Å². The summed E-state index contributed by atoms with van der Waals surface area (Å²) in [5, 5.41) is 5.29. The Labute approximate surface area is 183 Å². The van der Waals surface area contributed by atoms with Gasteiger partial charge in [-0.1, -0.05) is 6.07 Å². The number of carbonyl (C=O) groups excluding carboxylic acids is 1. The zero-order chi connectivity index (χ0) is 21.9. The van der Waals surface area contributed by atoms with Gasteiger partial charge >= 0.3 is 0 Å². The molecule has 1 unspecified atom stereocenters. The number of carbonyl (C=O) groups is 1. The quantitative estimate of drug-likeness (QED) is 0.445. The van der Waals surface area contributed by atoms with E-state index in [2.05, 4.69) is 32.2 Å². The summed E-state index contributed by atoms with van der Waals surface area (Å²) in [7, 11) is 1.88. The summed E-state index contributed by atoms with van der Waals surface area (Å²) in [6.07, 6.45) is 10.9. The van der Waals surface area contributed by atoms with E-state index in [4.69, 9.17) is 5.73 Å². The van der Waals surface area contributed by atoms with Crippen LogP contribution in [0.3, 0.4) is 0 Å². The van der Waals surface area contributed by atoms with Crippen LogP contribution in [0.2, 0.25) is 0 Å². The minimum absolute atomic E-state index is 0.441. The van der Waals surface area contributed by atoms with Gasteiger partial charge < -0.3 is 10.6 Å². The molecule has 160 valence electrons. The van der Waals surface area contributed by atoms with Crippen molar-refractivity contribution in [3.8, 4) is 0 Å². The third-order valence-electron chi connectivity index (χ3n) is 6.71. The molecular formula is C23H22N8O. The van der Waals surface area contributed by atoms with Gasteiger partial charge in [-0.15, -0.1) is 0 Å². The highest BCUT2D eigenvalue weighted by Crippen LogP contribution is 2.44. The monoisotopic (exact) mass is 426 g/mol. The number of nitrogens with zero attached hydrogens (tertiary/aromatic N) is 7. The Bertz CT molecular complexity index is 1500. The van der Waals surface area contributed by atoms with E-state index in [1.54, 1.807) is 17.2 Å². The number of hydrogen-bond acceptors (Lipinski definition) is 6. The number of piperidine rings is 1.